The van der Waals surface area contributed by atoms with Gasteiger partial charge in [-0.1, -0.05) is 12.8 Å². The minimum Gasteiger partial charge on any atom is -0.379 e. The van der Waals surface area contributed by atoms with Crippen molar-refractivity contribution in [2.45, 2.75) is 37.0 Å². The van der Waals surface area contributed by atoms with Crippen molar-refractivity contribution in [3.05, 3.63) is 5.69 Å². The minimum atomic E-state index is -0.297. The molecule has 1 aliphatic rings. The van der Waals surface area contributed by atoms with Gasteiger partial charge >= 0.3 is 0 Å². The van der Waals surface area contributed by atoms with Crippen LogP contribution in [-0.4, -0.2) is 33.8 Å². The first-order chi connectivity index (χ1) is 8.22. The number of nitrogens with two attached hydrogens (primary N) is 1. The fraction of sp³-hybridized carbons (Fsp3) is 0.700. The molecule has 0 radical (unpaired) electrons. The molecule has 2 rings (SSSR count). The van der Waals surface area contributed by atoms with Gasteiger partial charge in [-0.3, -0.25) is 4.79 Å². The fourth-order valence-corrected chi connectivity index (χ4v) is 3.07. The molecule has 3 N–H and O–H groups in total. The molecule has 2 atom stereocenters. The summed E-state index contributed by atoms with van der Waals surface area (Å²) >= 11 is 1.79. The van der Waals surface area contributed by atoms with Crippen molar-refractivity contribution < 1.29 is 9.42 Å². The molecule has 0 spiro atoms. The number of thioether (sulfide) groups is 1. The predicted octanol–water partition coefficient (Wildman–Crippen LogP) is 1.06. The van der Waals surface area contributed by atoms with E-state index in [4.69, 9.17) is 5.73 Å². The van der Waals surface area contributed by atoms with Crippen molar-refractivity contribution in [3.63, 3.8) is 0 Å². The third-order valence-corrected chi connectivity index (χ3v) is 4.22. The smallest absolute Gasteiger partial charge is 0.277 e. The monoisotopic (exact) mass is 256 g/mol. The number of nitrogens with zero attached hydrogens (tertiary/aromatic N) is 2. The Morgan fingerprint density at radius 3 is 2.88 bits per heavy atom. The zero-order valence-corrected chi connectivity index (χ0v) is 10.5. The SMILES string of the molecule is CSC1CCCCC1NC(=O)c1nonc1N. The van der Waals surface area contributed by atoms with E-state index in [2.05, 4.69) is 26.5 Å². The van der Waals surface area contributed by atoms with Crippen molar-refractivity contribution in [3.8, 4) is 0 Å². The van der Waals surface area contributed by atoms with Crippen LogP contribution in [0.15, 0.2) is 4.63 Å². The van der Waals surface area contributed by atoms with E-state index < -0.39 is 0 Å². The third-order valence-electron chi connectivity index (χ3n) is 3.05. The Bertz CT molecular complexity index is 395. The zero-order chi connectivity index (χ0) is 12.3. The van der Waals surface area contributed by atoms with Gasteiger partial charge in [0.2, 0.25) is 11.5 Å². The number of hydrogen-bond donors (Lipinski definition) is 2. The van der Waals surface area contributed by atoms with Gasteiger partial charge in [0.1, 0.15) is 0 Å². The molecular weight excluding hydrogens is 240 g/mol. The molecule has 0 bridgehead atoms. The molecule has 0 saturated heterocycles. The van der Waals surface area contributed by atoms with Crippen LogP contribution < -0.4 is 11.1 Å². The Balaban J connectivity index is 2.00. The molecule has 1 amide bonds. The summed E-state index contributed by atoms with van der Waals surface area (Å²) in [6.45, 7) is 0. The van der Waals surface area contributed by atoms with Gasteiger partial charge in [0.15, 0.2) is 0 Å². The van der Waals surface area contributed by atoms with Crippen molar-refractivity contribution >= 4 is 23.5 Å². The molecule has 1 aromatic rings. The number of hydrogen-bond acceptors (Lipinski definition) is 6. The first-order valence-corrected chi connectivity index (χ1v) is 6.93. The van der Waals surface area contributed by atoms with Crippen molar-refractivity contribution in [2.24, 2.45) is 0 Å². The Kier molecular flexibility index (Phi) is 3.88. The molecule has 0 aliphatic heterocycles. The molecule has 1 fully saturated rings. The summed E-state index contributed by atoms with van der Waals surface area (Å²) in [5.74, 6) is -0.256. The minimum absolute atomic E-state index is 0.0408. The standard InChI is InChI=1S/C10H16N4O2S/c1-17-7-5-3-2-4-6(7)12-10(15)8-9(11)14-16-13-8/h6-7H,2-5H2,1H3,(H2,11,14)(H,12,15). The summed E-state index contributed by atoms with van der Waals surface area (Å²) in [5.41, 5.74) is 5.56. The molecule has 1 saturated carbocycles. The molecule has 1 aliphatic carbocycles. The lowest BCUT2D eigenvalue weighted by molar-refractivity contribution is 0.0920. The van der Waals surface area contributed by atoms with Gasteiger partial charge < -0.3 is 11.1 Å². The van der Waals surface area contributed by atoms with Crippen molar-refractivity contribution in [1.82, 2.24) is 15.6 Å². The van der Waals surface area contributed by atoms with E-state index in [0.29, 0.717) is 5.25 Å². The van der Waals surface area contributed by atoms with Gasteiger partial charge in [-0.05, 0) is 29.4 Å². The quantitative estimate of drug-likeness (QED) is 0.839. The second kappa shape index (κ2) is 5.39. The maximum atomic E-state index is 11.9. The average molecular weight is 256 g/mol. The van der Waals surface area contributed by atoms with Crippen molar-refractivity contribution in [1.29, 1.82) is 0 Å². The average Bonchev–Trinajstić information content (AvgIpc) is 2.76. The highest BCUT2D eigenvalue weighted by molar-refractivity contribution is 7.99. The van der Waals surface area contributed by atoms with Crippen LogP contribution in [0, 0.1) is 0 Å². The highest BCUT2D eigenvalue weighted by atomic mass is 32.2. The second-order valence-electron chi connectivity index (χ2n) is 4.14. The van der Waals surface area contributed by atoms with Crippen LogP contribution in [-0.2, 0) is 0 Å². The summed E-state index contributed by atoms with van der Waals surface area (Å²) in [7, 11) is 0. The number of carbonyl (C=O) groups excluding carboxylic acids is 1. The topological polar surface area (TPSA) is 94.0 Å². The lowest BCUT2D eigenvalue weighted by atomic mass is 9.95. The van der Waals surface area contributed by atoms with Crippen LogP contribution in [0.1, 0.15) is 36.2 Å². The fourth-order valence-electron chi connectivity index (χ4n) is 2.13. The van der Waals surface area contributed by atoms with E-state index in [1.165, 1.54) is 6.42 Å². The van der Waals surface area contributed by atoms with Crippen LogP contribution in [0.25, 0.3) is 0 Å². The maximum absolute atomic E-state index is 11.9. The number of rotatable bonds is 3. The van der Waals surface area contributed by atoms with E-state index in [1.54, 1.807) is 11.8 Å². The van der Waals surface area contributed by atoms with Gasteiger partial charge in [-0.2, -0.15) is 11.8 Å². The number of anilines is 1. The summed E-state index contributed by atoms with van der Waals surface area (Å²) in [6.07, 6.45) is 6.59. The molecule has 2 unspecified atom stereocenters. The molecule has 6 nitrogen and oxygen atoms in total. The Labute approximate surface area is 104 Å². The highest BCUT2D eigenvalue weighted by Crippen LogP contribution is 2.27. The Morgan fingerprint density at radius 2 is 2.24 bits per heavy atom. The van der Waals surface area contributed by atoms with Gasteiger partial charge in [0, 0.05) is 11.3 Å². The van der Waals surface area contributed by atoms with E-state index in [1.807, 2.05) is 0 Å². The predicted molar refractivity (Wildman–Crippen MR) is 65.7 cm³/mol. The number of carbonyl (C=O) groups is 1. The summed E-state index contributed by atoms with van der Waals surface area (Å²) in [4.78, 5) is 11.9. The molecular formula is C10H16N4O2S. The van der Waals surface area contributed by atoms with Gasteiger partial charge in [0.25, 0.3) is 5.91 Å². The van der Waals surface area contributed by atoms with E-state index in [0.717, 1.165) is 19.3 Å². The highest BCUT2D eigenvalue weighted by Gasteiger charge is 2.27. The van der Waals surface area contributed by atoms with Crippen LogP contribution >= 0.6 is 11.8 Å². The summed E-state index contributed by atoms with van der Waals surface area (Å²) < 4.78 is 4.42. The number of aromatic nitrogens is 2. The second-order valence-corrected chi connectivity index (χ2v) is 5.21. The first-order valence-electron chi connectivity index (χ1n) is 5.64. The Hall–Kier alpha value is -1.24. The van der Waals surface area contributed by atoms with Gasteiger partial charge in [-0.15, -0.1) is 0 Å². The lowest BCUT2D eigenvalue weighted by Gasteiger charge is -2.30. The van der Waals surface area contributed by atoms with Crippen LogP contribution in [0.2, 0.25) is 0 Å². The molecule has 1 heterocycles. The van der Waals surface area contributed by atoms with Gasteiger partial charge in [0.05, 0.1) is 0 Å². The summed E-state index contributed by atoms with van der Waals surface area (Å²) in [6, 6.07) is 0.183. The molecule has 17 heavy (non-hydrogen) atoms. The molecule has 0 aromatic carbocycles. The molecule has 7 heteroatoms. The van der Waals surface area contributed by atoms with Crippen LogP contribution in [0.5, 0.6) is 0 Å². The van der Waals surface area contributed by atoms with E-state index in [-0.39, 0.29) is 23.5 Å². The molecule has 1 aromatic heterocycles. The van der Waals surface area contributed by atoms with E-state index >= 15 is 0 Å². The maximum Gasteiger partial charge on any atom is 0.277 e. The number of nitrogens with one attached hydrogen (secondary N) is 1. The number of amides is 1. The first kappa shape index (κ1) is 12.2. The van der Waals surface area contributed by atoms with Crippen molar-refractivity contribution in [2.75, 3.05) is 12.0 Å². The third kappa shape index (κ3) is 2.71. The number of nitrogen functional groups attached to an aromatic ring is 1. The Morgan fingerprint density at radius 1 is 1.47 bits per heavy atom. The van der Waals surface area contributed by atoms with Crippen LogP contribution in [0.3, 0.4) is 0 Å². The summed E-state index contributed by atoms with van der Waals surface area (Å²) in [5, 5.41) is 10.3. The van der Waals surface area contributed by atoms with E-state index in [9.17, 15) is 4.79 Å². The van der Waals surface area contributed by atoms with Gasteiger partial charge in [-0.25, -0.2) is 4.63 Å². The lowest BCUT2D eigenvalue weighted by Crippen LogP contribution is -2.43. The molecule has 94 valence electrons. The normalized spacial score (nSPS) is 24.5. The zero-order valence-electron chi connectivity index (χ0n) is 9.68. The largest absolute Gasteiger partial charge is 0.379 e. The van der Waals surface area contributed by atoms with Crippen LogP contribution in [0.4, 0.5) is 5.82 Å².